The maximum absolute atomic E-state index is 13.6. The summed E-state index contributed by atoms with van der Waals surface area (Å²) in [5, 5.41) is 3.20. The minimum atomic E-state index is -0.416. The third-order valence-electron chi connectivity index (χ3n) is 3.47. The predicted molar refractivity (Wildman–Crippen MR) is 80.9 cm³/mol. The molecule has 0 spiro atoms. The molecule has 1 atom stereocenters. The lowest BCUT2D eigenvalue weighted by molar-refractivity contribution is 0.288. The summed E-state index contributed by atoms with van der Waals surface area (Å²) in [4.78, 5) is 2.10. The Morgan fingerprint density at radius 3 is 2.43 bits per heavy atom. The van der Waals surface area contributed by atoms with Crippen LogP contribution in [0.2, 0.25) is 0 Å². The molecule has 0 amide bonds. The van der Waals surface area contributed by atoms with Crippen LogP contribution in [0.5, 0.6) is 0 Å². The second kappa shape index (κ2) is 7.29. The van der Waals surface area contributed by atoms with Crippen molar-refractivity contribution in [3.63, 3.8) is 0 Å². The van der Waals surface area contributed by atoms with Crippen LogP contribution >= 0.6 is 0 Å². The first-order valence-electron chi connectivity index (χ1n) is 6.94. The fourth-order valence-corrected chi connectivity index (χ4v) is 2.30. The van der Waals surface area contributed by atoms with Crippen molar-refractivity contribution >= 4 is 0 Å². The monoisotopic (exact) mass is 290 g/mol. The van der Waals surface area contributed by atoms with Gasteiger partial charge in [0.1, 0.15) is 11.6 Å². The molecule has 2 nitrogen and oxygen atoms in total. The summed E-state index contributed by atoms with van der Waals surface area (Å²) >= 11 is 0. The zero-order valence-electron chi connectivity index (χ0n) is 12.3. The maximum Gasteiger partial charge on any atom is 0.127 e. The second-order valence-corrected chi connectivity index (χ2v) is 5.26. The van der Waals surface area contributed by atoms with Crippen LogP contribution in [0, 0.1) is 11.6 Å². The van der Waals surface area contributed by atoms with Crippen LogP contribution in [-0.2, 0) is 6.54 Å². The van der Waals surface area contributed by atoms with Crippen LogP contribution in [0.15, 0.2) is 48.5 Å². The Balaban J connectivity index is 1.98. The number of nitrogens with one attached hydrogen (secondary N) is 1. The van der Waals surface area contributed by atoms with Crippen molar-refractivity contribution in [1.29, 1.82) is 0 Å². The molecule has 112 valence electrons. The minimum absolute atomic E-state index is 0.183. The van der Waals surface area contributed by atoms with E-state index >= 15 is 0 Å². The number of halogens is 2. The number of rotatable bonds is 6. The fraction of sp³-hybridized carbons (Fsp3) is 0.294. The van der Waals surface area contributed by atoms with Crippen molar-refractivity contribution in [3.05, 3.63) is 71.3 Å². The Labute approximate surface area is 124 Å². The summed E-state index contributed by atoms with van der Waals surface area (Å²) in [7, 11) is 4.00. The Morgan fingerprint density at radius 2 is 1.76 bits per heavy atom. The van der Waals surface area contributed by atoms with Crippen LogP contribution in [0.4, 0.5) is 8.78 Å². The summed E-state index contributed by atoms with van der Waals surface area (Å²) in [5.74, 6) is -0.801. The average Bonchev–Trinajstić information content (AvgIpc) is 2.47. The molecule has 2 rings (SSSR count). The SMILES string of the molecule is CN(C)C(CNCc1cc(F)ccc1F)c1ccccc1. The van der Waals surface area contributed by atoms with E-state index in [1.807, 2.05) is 32.3 Å². The highest BCUT2D eigenvalue weighted by molar-refractivity contribution is 5.20. The standard InChI is InChI=1S/C17H20F2N2/c1-21(2)17(13-6-4-3-5-7-13)12-20-11-14-10-15(18)8-9-16(14)19/h3-10,17,20H,11-12H2,1-2H3. The van der Waals surface area contributed by atoms with Crippen LogP contribution < -0.4 is 5.32 Å². The van der Waals surface area contributed by atoms with Gasteiger partial charge in [-0.05, 0) is 37.9 Å². The minimum Gasteiger partial charge on any atom is -0.311 e. The number of nitrogens with zero attached hydrogens (tertiary/aromatic N) is 1. The zero-order chi connectivity index (χ0) is 15.2. The lowest BCUT2D eigenvalue weighted by atomic mass is 10.1. The van der Waals surface area contributed by atoms with Crippen LogP contribution in [0.3, 0.4) is 0 Å². The van der Waals surface area contributed by atoms with Crippen LogP contribution in [0.1, 0.15) is 17.2 Å². The van der Waals surface area contributed by atoms with Gasteiger partial charge in [0.2, 0.25) is 0 Å². The Bertz CT molecular complexity index is 570. The molecule has 1 N–H and O–H groups in total. The second-order valence-electron chi connectivity index (χ2n) is 5.26. The molecule has 2 aromatic carbocycles. The molecule has 0 aliphatic rings. The lowest BCUT2D eigenvalue weighted by Crippen LogP contribution is -2.31. The van der Waals surface area contributed by atoms with Crippen LogP contribution in [-0.4, -0.2) is 25.5 Å². The van der Waals surface area contributed by atoms with Crippen molar-refractivity contribution in [1.82, 2.24) is 10.2 Å². The average molecular weight is 290 g/mol. The van der Waals surface area contributed by atoms with E-state index in [1.165, 1.54) is 11.6 Å². The number of hydrogen-bond acceptors (Lipinski definition) is 2. The van der Waals surface area contributed by atoms with E-state index in [9.17, 15) is 8.78 Å². The quantitative estimate of drug-likeness (QED) is 0.877. The third-order valence-corrected chi connectivity index (χ3v) is 3.47. The number of benzene rings is 2. The van der Waals surface area contributed by atoms with Crippen LogP contribution in [0.25, 0.3) is 0 Å². The molecule has 4 heteroatoms. The lowest BCUT2D eigenvalue weighted by Gasteiger charge is -2.25. The number of hydrogen-bond donors (Lipinski definition) is 1. The van der Waals surface area contributed by atoms with Crippen molar-refractivity contribution in [3.8, 4) is 0 Å². The molecule has 1 unspecified atom stereocenters. The van der Waals surface area contributed by atoms with E-state index in [1.54, 1.807) is 0 Å². The van der Waals surface area contributed by atoms with Gasteiger partial charge in [-0.15, -0.1) is 0 Å². The Kier molecular flexibility index (Phi) is 5.42. The topological polar surface area (TPSA) is 15.3 Å². The first-order valence-corrected chi connectivity index (χ1v) is 6.94. The van der Waals surface area contributed by atoms with Gasteiger partial charge in [0.25, 0.3) is 0 Å². The van der Waals surface area contributed by atoms with Crippen molar-refractivity contribution in [2.75, 3.05) is 20.6 Å². The highest BCUT2D eigenvalue weighted by Crippen LogP contribution is 2.17. The van der Waals surface area contributed by atoms with E-state index in [4.69, 9.17) is 0 Å². The van der Waals surface area contributed by atoms with E-state index in [2.05, 4.69) is 22.3 Å². The van der Waals surface area contributed by atoms with Crippen molar-refractivity contribution < 1.29 is 8.78 Å². The van der Waals surface area contributed by atoms with Gasteiger partial charge in [-0.3, -0.25) is 0 Å². The normalized spacial score (nSPS) is 12.6. The molecule has 0 aliphatic heterocycles. The van der Waals surface area contributed by atoms with Gasteiger partial charge in [-0.2, -0.15) is 0 Å². The largest absolute Gasteiger partial charge is 0.311 e. The Morgan fingerprint density at radius 1 is 1.05 bits per heavy atom. The van der Waals surface area contributed by atoms with E-state index < -0.39 is 5.82 Å². The molecule has 21 heavy (non-hydrogen) atoms. The first kappa shape index (κ1) is 15.6. The Hall–Kier alpha value is -1.78. The van der Waals surface area contributed by atoms with Gasteiger partial charge in [0, 0.05) is 24.7 Å². The first-order chi connectivity index (χ1) is 10.1. The zero-order valence-corrected chi connectivity index (χ0v) is 12.3. The van der Waals surface area contributed by atoms with Crippen molar-refractivity contribution in [2.24, 2.45) is 0 Å². The van der Waals surface area contributed by atoms with E-state index in [-0.39, 0.29) is 11.9 Å². The van der Waals surface area contributed by atoms with Gasteiger partial charge in [-0.25, -0.2) is 8.78 Å². The molecular weight excluding hydrogens is 270 g/mol. The predicted octanol–water partition coefficient (Wildman–Crippen LogP) is 3.36. The summed E-state index contributed by atoms with van der Waals surface area (Å²) in [6, 6.07) is 13.8. The maximum atomic E-state index is 13.6. The molecule has 0 saturated heterocycles. The summed E-state index contributed by atoms with van der Waals surface area (Å²) < 4.78 is 26.7. The molecule has 2 aromatic rings. The number of likely N-dealkylation sites (N-methyl/N-ethyl adjacent to an activating group) is 1. The molecule has 0 heterocycles. The van der Waals surface area contributed by atoms with E-state index in [0.29, 0.717) is 18.7 Å². The molecule has 0 fully saturated rings. The van der Waals surface area contributed by atoms with Gasteiger partial charge in [0.05, 0.1) is 0 Å². The van der Waals surface area contributed by atoms with Gasteiger partial charge < -0.3 is 10.2 Å². The summed E-state index contributed by atoms with van der Waals surface area (Å²) in [6.07, 6.45) is 0. The fourth-order valence-electron chi connectivity index (χ4n) is 2.30. The van der Waals surface area contributed by atoms with Crippen molar-refractivity contribution in [2.45, 2.75) is 12.6 Å². The van der Waals surface area contributed by atoms with Gasteiger partial charge >= 0.3 is 0 Å². The van der Waals surface area contributed by atoms with Gasteiger partial charge in [0.15, 0.2) is 0 Å². The smallest absolute Gasteiger partial charge is 0.127 e. The summed E-state index contributed by atoms with van der Waals surface area (Å²) in [5.41, 5.74) is 1.54. The molecule has 0 aliphatic carbocycles. The summed E-state index contributed by atoms with van der Waals surface area (Å²) in [6.45, 7) is 0.966. The highest BCUT2D eigenvalue weighted by atomic mass is 19.1. The molecule has 0 bridgehead atoms. The third kappa shape index (κ3) is 4.34. The molecular formula is C17H20F2N2. The van der Waals surface area contributed by atoms with Gasteiger partial charge in [-0.1, -0.05) is 30.3 Å². The van der Waals surface area contributed by atoms with E-state index in [0.717, 1.165) is 12.1 Å². The molecule has 0 aromatic heterocycles. The molecule has 0 radical (unpaired) electrons. The molecule has 0 saturated carbocycles. The highest BCUT2D eigenvalue weighted by Gasteiger charge is 2.13.